The molecule has 1 saturated heterocycles. The Morgan fingerprint density at radius 2 is 1.89 bits per heavy atom. The molecule has 28 heavy (non-hydrogen) atoms. The summed E-state index contributed by atoms with van der Waals surface area (Å²) in [5.41, 5.74) is 4.18. The quantitative estimate of drug-likeness (QED) is 0.825. The second-order valence-corrected chi connectivity index (χ2v) is 7.42. The molecule has 6 nitrogen and oxygen atoms in total. The molecule has 1 amide bonds. The van der Waals surface area contributed by atoms with Gasteiger partial charge in [0.1, 0.15) is 0 Å². The molecule has 0 saturated carbocycles. The molecule has 0 bridgehead atoms. The van der Waals surface area contributed by atoms with Crippen LogP contribution in [0.5, 0.6) is 0 Å². The van der Waals surface area contributed by atoms with Gasteiger partial charge < -0.3 is 15.1 Å². The Morgan fingerprint density at radius 1 is 1.18 bits per heavy atom. The first-order valence-corrected chi connectivity index (χ1v) is 10.2. The molecule has 1 aromatic heterocycles. The molecule has 1 N–H and O–H groups in total. The molecule has 1 aromatic carbocycles. The van der Waals surface area contributed by atoms with Crippen LogP contribution in [0.3, 0.4) is 0 Å². The van der Waals surface area contributed by atoms with Gasteiger partial charge in [0.25, 0.3) is 0 Å². The van der Waals surface area contributed by atoms with Crippen molar-refractivity contribution >= 4 is 23.2 Å². The minimum absolute atomic E-state index is 0.0305. The highest BCUT2D eigenvalue weighted by Crippen LogP contribution is 2.26. The van der Waals surface area contributed by atoms with Gasteiger partial charge in [-0.25, -0.2) is 9.97 Å². The van der Waals surface area contributed by atoms with Crippen molar-refractivity contribution in [2.45, 2.75) is 40.5 Å². The van der Waals surface area contributed by atoms with Crippen LogP contribution in [0.15, 0.2) is 30.5 Å². The molecular formula is C22H31N5O. The van der Waals surface area contributed by atoms with Crippen LogP contribution in [0.25, 0.3) is 0 Å². The molecule has 0 unspecified atom stereocenters. The number of hydrogen-bond acceptors (Lipinski definition) is 5. The monoisotopic (exact) mass is 381 g/mol. The van der Waals surface area contributed by atoms with Crippen LogP contribution in [0, 0.1) is 19.8 Å². The van der Waals surface area contributed by atoms with E-state index in [1.54, 1.807) is 6.20 Å². The van der Waals surface area contributed by atoms with Gasteiger partial charge in [0.15, 0.2) is 0 Å². The van der Waals surface area contributed by atoms with E-state index in [1.807, 2.05) is 19.1 Å². The van der Waals surface area contributed by atoms with Gasteiger partial charge in [-0.05, 0) is 70.4 Å². The number of nitrogens with one attached hydrogen (secondary N) is 1. The maximum atomic E-state index is 12.8. The summed E-state index contributed by atoms with van der Waals surface area (Å²) in [5.74, 6) is 0.910. The molecule has 2 heterocycles. The summed E-state index contributed by atoms with van der Waals surface area (Å²) >= 11 is 0. The first-order chi connectivity index (χ1) is 13.5. The Balaban J connectivity index is 1.59. The van der Waals surface area contributed by atoms with Gasteiger partial charge in [0.05, 0.1) is 0 Å². The molecule has 0 radical (unpaired) electrons. The molecular weight excluding hydrogens is 350 g/mol. The average molecular weight is 382 g/mol. The van der Waals surface area contributed by atoms with E-state index in [-0.39, 0.29) is 11.8 Å². The molecule has 0 atom stereocenters. The summed E-state index contributed by atoms with van der Waals surface area (Å²) in [6, 6.07) is 8.17. The fourth-order valence-electron chi connectivity index (χ4n) is 3.74. The van der Waals surface area contributed by atoms with Crippen LogP contribution in [0.2, 0.25) is 0 Å². The molecule has 6 heteroatoms. The van der Waals surface area contributed by atoms with Crippen molar-refractivity contribution in [1.82, 2.24) is 9.97 Å². The molecule has 1 aliphatic heterocycles. The molecule has 1 aliphatic rings. The van der Waals surface area contributed by atoms with E-state index in [2.05, 4.69) is 58.0 Å². The lowest BCUT2D eigenvalue weighted by Gasteiger charge is -2.31. The summed E-state index contributed by atoms with van der Waals surface area (Å²) in [6.07, 6.45) is 3.43. The topological polar surface area (TPSA) is 61.4 Å². The third-order valence-corrected chi connectivity index (χ3v) is 5.53. The Morgan fingerprint density at radius 3 is 2.50 bits per heavy atom. The summed E-state index contributed by atoms with van der Waals surface area (Å²) in [4.78, 5) is 26.1. The Kier molecular flexibility index (Phi) is 6.49. The zero-order chi connectivity index (χ0) is 20.1. The SMILES string of the molecule is CCN(CC)c1ccc(NC(=O)C2CCN(c3nccc(C)n3)CC2)c(C)c1. The van der Waals surface area contributed by atoms with Gasteiger partial charge in [0.2, 0.25) is 11.9 Å². The van der Waals surface area contributed by atoms with Crippen LogP contribution in [0.4, 0.5) is 17.3 Å². The van der Waals surface area contributed by atoms with Crippen molar-refractivity contribution in [3.63, 3.8) is 0 Å². The third kappa shape index (κ3) is 4.61. The molecule has 0 aliphatic carbocycles. The maximum absolute atomic E-state index is 12.8. The van der Waals surface area contributed by atoms with Crippen LogP contribution < -0.4 is 15.1 Å². The standard InChI is InChI=1S/C22H31N5O/c1-5-26(6-2)19-7-8-20(16(3)15-19)25-21(28)18-10-13-27(14-11-18)22-23-12-9-17(4)24-22/h7-9,12,15,18H,5-6,10-11,13-14H2,1-4H3,(H,25,28). The number of hydrogen-bond donors (Lipinski definition) is 1. The highest BCUT2D eigenvalue weighted by atomic mass is 16.1. The number of nitrogens with zero attached hydrogens (tertiary/aromatic N) is 4. The van der Waals surface area contributed by atoms with Crippen molar-refractivity contribution in [3.05, 3.63) is 41.7 Å². The van der Waals surface area contributed by atoms with E-state index in [9.17, 15) is 4.79 Å². The van der Waals surface area contributed by atoms with E-state index in [1.165, 1.54) is 5.69 Å². The van der Waals surface area contributed by atoms with Crippen LogP contribution in [0.1, 0.15) is 37.9 Å². The predicted octanol–water partition coefficient (Wildman–Crippen LogP) is 3.79. The van der Waals surface area contributed by atoms with Crippen LogP contribution >= 0.6 is 0 Å². The van der Waals surface area contributed by atoms with E-state index in [0.717, 1.165) is 61.9 Å². The van der Waals surface area contributed by atoms with Crippen LogP contribution in [-0.2, 0) is 4.79 Å². The number of carbonyl (C=O) groups excluding carboxylic acids is 1. The molecule has 1 fully saturated rings. The van der Waals surface area contributed by atoms with Crippen molar-refractivity contribution in [3.8, 4) is 0 Å². The highest BCUT2D eigenvalue weighted by molar-refractivity contribution is 5.93. The summed E-state index contributed by atoms with van der Waals surface area (Å²) in [7, 11) is 0. The first kappa shape index (κ1) is 20.1. The molecule has 2 aromatic rings. The lowest BCUT2D eigenvalue weighted by molar-refractivity contribution is -0.120. The number of rotatable bonds is 6. The Bertz CT molecular complexity index is 810. The van der Waals surface area contributed by atoms with Crippen molar-refractivity contribution in [2.75, 3.05) is 41.3 Å². The van der Waals surface area contributed by atoms with Gasteiger partial charge in [-0.1, -0.05) is 0 Å². The average Bonchev–Trinajstić information content (AvgIpc) is 2.71. The summed E-state index contributed by atoms with van der Waals surface area (Å²) in [6.45, 7) is 11.9. The Hall–Kier alpha value is -2.63. The van der Waals surface area contributed by atoms with Gasteiger partial charge >= 0.3 is 0 Å². The number of piperidine rings is 1. The minimum Gasteiger partial charge on any atom is -0.372 e. The van der Waals surface area contributed by atoms with Crippen molar-refractivity contribution < 1.29 is 4.79 Å². The van der Waals surface area contributed by atoms with Gasteiger partial charge in [-0.3, -0.25) is 4.79 Å². The number of anilines is 3. The predicted molar refractivity (Wildman–Crippen MR) is 115 cm³/mol. The number of carbonyl (C=O) groups is 1. The lowest BCUT2D eigenvalue weighted by Crippen LogP contribution is -2.39. The third-order valence-electron chi connectivity index (χ3n) is 5.53. The molecule has 3 rings (SSSR count). The fraction of sp³-hybridized carbons (Fsp3) is 0.500. The number of benzene rings is 1. The second kappa shape index (κ2) is 9.04. The van der Waals surface area contributed by atoms with Gasteiger partial charge in [-0.2, -0.15) is 0 Å². The number of amides is 1. The normalized spacial score (nSPS) is 14.8. The van der Waals surface area contributed by atoms with E-state index < -0.39 is 0 Å². The van der Waals surface area contributed by atoms with Gasteiger partial charge in [-0.15, -0.1) is 0 Å². The Labute approximate surface area is 168 Å². The van der Waals surface area contributed by atoms with Crippen molar-refractivity contribution in [2.24, 2.45) is 5.92 Å². The van der Waals surface area contributed by atoms with E-state index in [0.29, 0.717) is 0 Å². The zero-order valence-corrected chi connectivity index (χ0v) is 17.4. The first-order valence-electron chi connectivity index (χ1n) is 10.2. The summed E-state index contributed by atoms with van der Waals surface area (Å²) in [5, 5.41) is 3.14. The minimum atomic E-state index is 0.0305. The molecule has 0 spiro atoms. The fourth-order valence-corrected chi connectivity index (χ4v) is 3.74. The van der Waals surface area contributed by atoms with E-state index in [4.69, 9.17) is 0 Å². The van der Waals surface area contributed by atoms with E-state index >= 15 is 0 Å². The maximum Gasteiger partial charge on any atom is 0.227 e. The summed E-state index contributed by atoms with van der Waals surface area (Å²) < 4.78 is 0. The highest BCUT2D eigenvalue weighted by Gasteiger charge is 2.26. The second-order valence-electron chi connectivity index (χ2n) is 7.42. The smallest absolute Gasteiger partial charge is 0.227 e. The van der Waals surface area contributed by atoms with Crippen LogP contribution in [-0.4, -0.2) is 42.1 Å². The zero-order valence-electron chi connectivity index (χ0n) is 17.4. The van der Waals surface area contributed by atoms with Crippen molar-refractivity contribution in [1.29, 1.82) is 0 Å². The number of aryl methyl sites for hydroxylation is 2. The lowest BCUT2D eigenvalue weighted by atomic mass is 9.96. The number of aromatic nitrogens is 2. The molecule has 150 valence electrons. The van der Waals surface area contributed by atoms with Gasteiger partial charge in [0, 0.05) is 55.4 Å². The largest absolute Gasteiger partial charge is 0.372 e.